The fourth-order valence-corrected chi connectivity index (χ4v) is 4.18. The van der Waals surface area contributed by atoms with Gasteiger partial charge in [0, 0.05) is 30.5 Å². The average molecular weight is 433 g/mol. The minimum absolute atomic E-state index is 0.0697. The van der Waals surface area contributed by atoms with Gasteiger partial charge in [0.2, 0.25) is 16.0 Å². The Labute approximate surface area is 175 Å². The lowest BCUT2D eigenvalue weighted by Gasteiger charge is -2.11. The van der Waals surface area contributed by atoms with Crippen LogP contribution in [0.5, 0.6) is 5.75 Å². The minimum Gasteiger partial charge on any atom is -0.497 e. The Morgan fingerprint density at radius 3 is 2.43 bits per heavy atom. The van der Waals surface area contributed by atoms with Crippen LogP contribution in [-0.2, 0) is 10.0 Å². The zero-order valence-electron chi connectivity index (χ0n) is 17.2. The van der Waals surface area contributed by atoms with Crippen molar-refractivity contribution < 1.29 is 17.7 Å². The summed E-state index contributed by atoms with van der Waals surface area (Å²) in [5.41, 5.74) is 1.94. The van der Waals surface area contributed by atoms with Gasteiger partial charge in [0.05, 0.1) is 7.11 Å². The van der Waals surface area contributed by atoms with Crippen molar-refractivity contribution in [3.05, 3.63) is 47.5 Å². The first kappa shape index (κ1) is 21.5. The summed E-state index contributed by atoms with van der Waals surface area (Å²) in [6.45, 7) is 5.44. The van der Waals surface area contributed by atoms with E-state index >= 15 is 0 Å². The van der Waals surface area contributed by atoms with E-state index in [1.54, 1.807) is 21.0 Å². The summed E-state index contributed by atoms with van der Waals surface area (Å²) in [7, 11) is -2.09. The number of benzene rings is 1. The summed E-state index contributed by atoms with van der Waals surface area (Å²) in [4.78, 5) is 8.82. The van der Waals surface area contributed by atoms with Crippen molar-refractivity contribution in [3.8, 4) is 5.75 Å². The predicted octanol–water partition coefficient (Wildman–Crippen LogP) is 2.53. The molecule has 3 aromatic rings. The first-order valence-electron chi connectivity index (χ1n) is 9.21. The third-order valence-corrected chi connectivity index (χ3v) is 5.86. The lowest BCUT2D eigenvalue weighted by Crippen LogP contribution is -2.29. The van der Waals surface area contributed by atoms with E-state index in [-0.39, 0.29) is 17.2 Å². The standard InChI is InChI=1S/C19H24N6O4S/c1-12-11-17(23-15-5-7-16(28-4)8-6-15)24-19(22-12)20-9-10-21-30(26,27)18-13(2)25-29-14(18)3/h5-8,11,21H,9-10H2,1-4H3,(H2,20,22,23,24). The molecule has 0 fully saturated rings. The van der Waals surface area contributed by atoms with E-state index in [0.29, 0.717) is 24.0 Å². The van der Waals surface area contributed by atoms with Gasteiger partial charge in [-0.3, -0.25) is 0 Å². The Kier molecular flexibility index (Phi) is 6.53. The molecule has 0 saturated heterocycles. The predicted molar refractivity (Wildman–Crippen MR) is 113 cm³/mol. The van der Waals surface area contributed by atoms with Crippen LogP contribution in [0.15, 0.2) is 39.8 Å². The molecule has 30 heavy (non-hydrogen) atoms. The van der Waals surface area contributed by atoms with Crippen molar-refractivity contribution >= 4 is 27.5 Å². The maximum atomic E-state index is 12.4. The molecule has 0 saturated carbocycles. The molecule has 2 aromatic heterocycles. The molecule has 3 N–H and O–H groups in total. The Bertz CT molecular complexity index is 1090. The van der Waals surface area contributed by atoms with Crippen molar-refractivity contribution in [3.63, 3.8) is 0 Å². The van der Waals surface area contributed by atoms with Crippen LogP contribution < -0.4 is 20.1 Å². The van der Waals surface area contributed by atoms with E-state index in [1.165, 1.54) is 0 Å². The summed E-state index contributed by atoms with van der Waals surface area (Å²) >= 11 is 0. The molecule has 0 atom stereocenters. The maximum absolute atomic E-state index is 12.4. The number of aryl methyl sites for hydroxylation is 3. The fraction of sp³-hybridized carbons (Fsp3) is 0.316. The largest absolute Gasteiger partial charge is 0.497 e. The number of hydrogen-bond acceptors (Lipinski definition) is 9. The molecule has 0 spiro atoms. The van der Waals surface area contributed by atoms with E-state index in [9.17, 15) is 8.42 Å². The third kappa shape index (κ3) is 5.24. The molecule has 0 amide bonds. The molecule has 11 heteroatoms. The molecular formula is C19H24N6O4S. The van der Waals surface area contributed by atoms with Gasteiger partial charge in [0.25, 0.3) is 0 Å². The molecule has 2 heterocycles. The van der Waals surface area contributed by atoms with E-state index in [0.717, 1.165) is 17.1 Å². The second kappa shape index (κ2) is 9.09. The van der Waals surface area contributed by atoms with Crippen LogP contribution >= 0.6 is 0 Å². The van der Waals surface area contributed by atoms with Gasteiger partial charge < -0.3 is 19.9 Å². The molecule has 0 radical (unpaired) electrons. The van der Waals surface area contributed by atoms with E-state index in [4.69, 9.17) is 9.26 Å². The topological polar surface area (TPSA) is 131 Å². The normalized spacial score (nSPS) is 11.3. The number of methoxy groups -OCH3 is 1. The molecule has 0 aliphatic heterocycles. The van der Waals surface area contributed by atoms with Crippen molar-refractivity contribution in [1.82, 2.24) is 19.8 Å². The van der Waals surface area contributed by atoms with E-state index in [2.05, 4.69) is 30.5 Å². The molecule has 1 aromatic carbocycles. The lowest BCUT2D eigenvalue weighted by molar-refractivity contribution is 0.390. The zero-order chi connectivity index (χ0) is 21.7. The molecule has 0 aliphatic rings. The highest BCUT2D eigenvalue weighted by Gasteiger charge is 2.23. The number of aromatic nitrogens is 3. The molecule has 0 aliphatic carbocycles. The van der Waals surface area contributed by atoms with Gasteiger partial charge in [-0.05, 0) is 45.0 Å². The lowest BCUT2D eigenvalue weighted by atomic mass is 10.3. The van der Waals surface area contributed by atoms with Crippen LogP contribution in [0.4, 0.5) is 17.5 Å². The van der Waals surface area contributed by atoms with Crippen LogP contribution in [0.2, 0.25) is 0 Å². The molecule has 0 bridgehead atoms. The number of ether oxygens (including phenoxy) is 1. The Hall–Kier alpha value is -3.18. The van der Waals surface area contributed by atoms with Crippen LogP contribution in [0.25, 0.3) is 0 Å². The summed E-state index contributed by atoms with van der Waals surface area (Å²) in [5.74, 6) is 2.03. The van der Waals surface area contributed by atoms with Gasteiger partial charge in [-0.2, -0.15) is 4.98 Å². The highest BCUT2D eigenvalue weighted by atomic mass is 32.2. The SMILES string of the molecule is COc1ccc(Nc2cc(C)nc(NCCNS(=O)(=O)c3c(C)noc3C)n2)cc1. The number of hydrogen-bond donors (Lipinski definition) is 3. The Morgan fingerprint density at radius 2 is 1.80 bits per heavy atom. The number of nitrogens with one attached hydrogen (secondary N) is 3. The number of nitrogens with zero attached hydrogens (tertiary/aromatic N) is 3. The summed E-state index contributed by atoms with van der Waals surface area (Å²) in [6, 6.07) is 9.27. The monoisotopic (exact) mass is 432 g/mol. The molecule has 0 unspecified atom stereocenters. The minimum atomic E-state index is -3.71. The number of anilines is 3. The molecule has 160 valence electrons. The van der Waals surface area contributed by atoms with Crippen molar-refractivity contribution in [2.24, 2.45) is 0 Å². The van der Waals surface area contributed by atoms with Gasteiger partial charge in [0.15, 0.2) is 5.76 Å². The van der Waals surface area contributed by atoms with Gasteiger partial charge in [-0.15, -0.1) is 0 Å². The maximum Gasteiger partial charge on any atom is 0.246 e. The quantitative estimate of drug-likeness (QED) is 0.436. The smallest absolute Gasteiger partial charge is 0.246 e. The van der Waals surface area contributed by atoms with Crippen molar-refractivity contribution in [1.29, 1.82) is 0 Å². The first-order valence-corrected chi connectivity index (χ1v) is 10.7. The highest BCUT2D eigenvalue weighted by molar-refractivity contribution is 7.89. The average Bonchev–Trinajstić information content (AvgIpc) is 3.04. The zero-order valence-corrected chi connectivity index (χ0v) is 18.0. The van der Waals surface area contributed by atoms with Gasteiger partial charge >= 0.3 is 0 Å². The second-order valence-electron chi connectivity index (χ2n) is 6.55. The Balaban J connectivity index is 1.59. The summed E-state index contributed by atoms with van der Waals surface area (Å²) in [6.07, 6.45) is 0. The summed E-state index contributed by atoms with van der Waals surface area (Å²) < 4.78 is 37.4. The van der Waals surface area contributed by atoms with Gasteiger partial charge in [-0.1, -0.05) is 5.16 Å². The molecule has 10 nitrogen and oxygen atoms in total. The number of rotatable bonds is 9. The highest BCUT2D eigenvalue weighted by Crippen LogP contribution is 2.20. The van der Waals surface area contributed by atoms with Crippen LogP contribution in [-0.4, -0.2) is 43.7 Å². The van der Waals surface area contributed by atoms with Gasteiger partial charge in [0.1, 0.15) is 22.2 Å². The summed E-state index contributed by atoms with van der Waals surface area (Å²) in [5, 5.41) is 9.91. The van der Waals surface area contributed by atoms with Crippen LogP contribution in [0, 0.1) is 20.8 Å². The second-order valence-corrected chi connectivity index (χ2v) is 8.25. The van der Waals surface area contributed by atoms with Crippen molar-refractivity contribution in [2.45, 2.75) is 25.7 Å². The van der Waals surface area contributed by atoms with E-state index < -0.39 is 10.0 Å². The Morgan fingerprint density at radius 1 is 1.07 bits per heavy atom. The van der Waals surface area contributed by atoms with Crippen LogP contribution in [0.3, 0.4) is 0 Å². The van der Waals surface area contributed by atoms with Gasteiger partial charge in [-0.25, -0.2) is 18.1 Å². The number of sulfonamides is 1. The fourth-order valence-electron chi connectivity index (χ4n) is 2.82. The molecule has 3 rings (SSSR count). The van der Waals surface area contributed by atoms with Crippen LogP contribution in [0.1, 0.15) is 17.1 Å². The van der Waals surface area contributed by atoms with Crippen molar-refractivity contribution in [2.75, 3.05) is 30.8 Å². The third-order valence-electron chi connectivity index (χ3n) is 4.15. The molecular weight excluding hydrogens is 408 g/mol. The van der Waals surface area contributed by atoms with E-state index in [1.807, 2.05) is 37.3 Å². The first-order chi connectivity index (χ1) is 14.3.